The summed E-state index contributed by atoms with van der Waals surface area (Å²) in [6.07, 6.45) is 5.78. The Labute approximate surface area is 154 Å². The Morgan fingerprint density at radius 2 is 2.08 bits per heavy atom. The molecular formula is C19H30N4O3. The maximum Gasteiger partial charge on any atom is 0.345 e. The number of H-pyrrole nitrogens is 1. The fourth-order valence-electron chi connectivity index (χ4n) is 4.00. The number of likely N-dealkylation sites (tertiary alicyclic amines) is 1. The molecule has 144 valence electrons. The van der Waals surface area contributed by atoms with Crippen LogP contribution in [0.15, 0.2) is 4.79 Å². The van der Waals surface area contributed by atoms with Gasteiger partial charge in [0.2, 0.25) is 5.91 Å². The number of hydrogen-bond donors (Lipinski definition) is 2. The first-order valence-corrected chi connectivity index (χ1v) is 9.71. The fourth-order valence-corrected chi connectivity index (χ4v) is 4.00. The van der Waals surface area contributed by atoms with Crippen LogP contribution in [0.5, 0.6) is 0 Å². The molecule has 2 N–H and O–H groups in total. The highest BCUT2D eigenvalue weighted by molar-refractivity contribution is 5.76. The van der Waals surface area contributed by atoms with E-state index in [1.807, 2.05) is 13.8 Å². The predicted molar refractivity (Wildman–Crippen MR) is 99.2 cm³/mol. The number of aromatic amines is 1. The van der Waals surface area contributed by atoms with Crippen LogP contribution in [0, 0.1) is 13.8 Å². The Hall–Kier alpha value is -1.73. The molecule has 0 aromatic carbocycles. The van der Waals surface area contributed by atoms with Crippen molar-refractivity contribution in [3.05, 3.63) is 27.4 Å². The van der Waals surface area contributed by atoms with Crippen LogP contribution in [-0.2, 0) is 16.0 Å². The summed E-state index contributed by atoms with van der Waals surface area (Å²) in [7, 11) is 0. The SMILES string of the molecule is Cc1nc(=O)[nH]c(C)c1CCC(=O)NC1CCN(CC2CCCO2)CC1. The summed E-state index contributed by atoms with van der Waals surface area (Å²) in [6, 6.07) is 0.263. The lowest BCUT2D eigenvalue weighted by Gasteiger charge is -2.33. The third-order valence-electron chi connectivity index (χ3n) is 5.49. The Balaban J connectivity index is 1.40. The molecule has 7 heteroatoms. The van der Waals surface area contributed by atoms with E-state index in [0.29, 0.717) is 24.6 Å². The summed E-state index contributed by atoms with van der Waals surface area (Å²) in [5, 5.41) is 3.16. The molecule has 2 aliphatic rings. The van der Waals surface area contributed by atoms with Crippen LogP contribution in [0.2, 0.25) is 0 Å². The molecule has 2 saturated heterocycles. The number of hydrogen-bond acceptors (Lipinski definition) is 5. The van der Waals surface area contributed by atoms with Crippen molar-refractivity contribution >= 4 is 5.91 Å². The fraction of sp³-hybridized carbons (Fsp3) is 0.737. The standard InChI is InChI=1S/C19H30N4O3/c1-13-17(14(2)21-19(25)20-13)5-6-18(24)22-15-7-9-23(10-8-15)12-16-4-3-11-26-16/h15-16H,3-12H2,1-2H3,(H,22,24)(H,20,21,25). The van der Waals surface area contributed by atoms with Gasteiger partial charge in [-0.3, -0.25) is 4.79 Å². The van der Waals surface area contributed by atoms with E-state index < -0.39 is 0 Å². The van der Waals surface area contributed by atoms with Gasteiger partial charge in [-0.2, -0.15) is 4.98 Å². The number of aryl methyl sites for hydroxylation is 2. The van der Waals surface area contributed by atoms with E-state index in [2.05, 4.69) is 20.2 Å². The lowest BCUT2D eigenvalue weighted by atomic mass is 10.0. The summed E-state index contributed by atoms with van der Waals surface area (Å²) in [5.41, 5.74) is 2.15. The Kier molecular flexibility index (Phi) is 6.43. The molecule has 7 nitrogen and oxygen atoms in total. The molecule has 2 aliphatic heterocycles. The molecule has 0 radical (unpaired) electrons. The second kappa shape index (κ2) is 8.77. The first-order chi connectivity index (χ1) is 12.5. The highest BCUT2D eigenvalue weighted by Crippen LogP contribution is 2.17. The molecule has 3 heterocycles. The van der Waals surface area contributed by atoms with Gasteiger partial charge in [-0.1, -0.05) is 0 Å². The van der Waals surface area contributed by atoms with E-state index in [1.165, 1.54) is 12.8 Å². The number of nitrogens with one attached hydrogen (secondary N) is 2. The second-order valence-corrected chi connectivity index (χ2v) is 7.51. The maximum atomic E-state index is 12.3. The molecule has 3 rings (SSSR count). The van der Waals surface area contributed by atoms with Crippen LogP contribution in [0.25, 0.3) is 0 Å². The van der Waals surface area contributed by atoms with Gasteiger partial charge in [0.25, 0.3) is 0 Å². The van der Waals surface area contributed by atoms with Crippen LogP contribution < -0.4 is 11.0 Å². The Morgan fingerprint density at radius 1 is 1.31 bits per heavy atom. The first kappa shape index (κ1) is 19.0. The zero-order valence-corrected chi connectivity index (χ0v) is 15.8. The van der Waals surface area contributed by atoms with E-state index in [-0.39, 0.29) is 17.6 Å². The number of nitrogens with zero attached hydrogens (tertiary/aromatic N) is 2. The zero-order valence-electron chi connectivity index (χ0n) is 15.8. The molecule has 1 atom stereocenters. The molecule has 0 saturated carbocycles. The van der Waals surface area contributed by atoms with E-state index in [0.717, 1.165) is 50.3 Å². The first-order valence-electron chi connectivity index (χ1n) is 9.71. The third kappa shape index (κ3) is 5.14. The third-order valence-corrected chi connectivity index (χ3v) is 5.49. The van der Waals surface area contributed by atoms with Gasteiger partial charge in [0.15, 0.2) is 0 Å². The molecule has 2 fully saturated rings. The quantitative estimate of drug-likeness (QED) is 0.791. The molecule has 1 amide bonds. The van der Waals surface area contributed by atoms with Gasteiger partial charge in [0.05, 0.1) is 6.10 Å². The van der Waals surface area contributed by atoms with Gasteiger partial charge < -0.3 is 19.9 Å². The van der Waals surface area contributed by atoms with Crippen molar-refractivity contribution in [3.8, 4) is 0 Å². The minimum absolute atomic E-state index is 0.0765. The van der Waals surface area contributed by atoms with Gasteiger partial charge in [-0.25, -0.2) is 4.79 Å². The van der Waals surface area contributed by atoms with Crippen LogP contribution >= 0.6 is 0 Å². The average molecular weight is 362 g/mol. The van der Waals surface area contributed by atoms with Gasteiger partial charge in [-0.05, 0) is 51.5 Å². The van der Waals surface area contributed by atoms with E-state index >= 15 is 0 Å². The minimum atomic E-state index is -0.331. The molecule has 0 aliphatic carbocycles. The number of carbonyl (C=O) groups excluding carboxylic acids is 1. The normalized spacial score (nSPS) is 21.8. The Bertz CT molecular complexity index is 648. The van der Waals surface area contributed by atoms with Gasteiger partial charge in [0.1, 0.15) is 0 Å². The van der Waals surface area contributed by atoms with Crippen molar-refractivity contribution in [2.24, 2.45) is 0 Å². The monoisotopic (exact) mass is 362 g/mol. The number of carbonyl (C=O) groups is 1. The van der Waals surface area contributed by atoms with Gasteiger partial charge >= 0.3 is 5.69 Å². The number of ether oxygens (including phenoxy) is 1. The summed E-state index contributed by atoms with van der Waals surface area (Å²) in [4.78, 5) is 32.7. The number of aromatic nitrogens is 2. The molecule has 1 aromatic heterocycles. The number of rotatable bonds is 6. The zero-order chi connectivity index (χ0) is 18.5. The molecule has 1 unspecified atom stereocenters. The highest BCUT2D eigenvalue weighted by atomic mass is 16.5. The van der Waals surface area contributed by atoms with Gasteiger partial charge in [-0.15, -0.1) is 0 Å². The van der Waals surface area contributed by atoms with E-state index in [9.17, 15) is 9.59 Å². The summed E-state index contributed by atoms with van der Waals surface area (Å²) in [5.74, 6) is 0.0765. The molecule has 0 spiro atoms. The van der Waals surface area contributed by atoms with E-state index in [1.54, 1.807) is 0 Å². The van der Waals surface area contributed by atoms with Gasteiger partial charge in [0, 0.05) is 50.1 Å². The second-order valence-electron chi connectivity index (χ2n) is 7.51. The summed E-state index contributed by atoms with van der Waals surface area (Å²) < 4.78 is 5.71. The molecule has 1 aromatic rings. The topological polar surface area (TPSA) is 87.3 Å². The van der Waals surface area contributed by atoms with Crippen molar-refractivity contribution in [2.75, 3.05) is 26.2 Å². The smallest absolute Gasteiger partial charge is 0.345 e. The molecule has 26 heavy (non-hydrogen) atoms. The van der Waals surface area contributed by atoms with Crippen LogP contribution in [-0.4, -0.2) is 59.2 Å². The Morgan fingerprint density at radius 3 is 2.73 bits per heavy atom. The highest BCUT2D eigenvalue weighted by Gasteiger charge is 2.24. The average Bonchev–Trinajstić information content (AvgIpc) is 3.08. The summed E-state index contributed by atoms with van der Waals surface area (Å²) >= 11 is 0. The summed E-state index contributed by atoms with van der Waals surface area (Å²) in [6.45, 7) is 7.64. The minimum Gasteiger partial charge on any atom is -0.377 e. The largest absolute Gasteiger partial charge is 0.377 e. The lowest BCUT2D eigenvalue weighted by molar-refractivity contribution is -0.122. The predicted octanol–water partition coefficient (Wildman–Crippen LogP) is 1.08. The lowest BCUT2D eigenvalue weighted by Crippen LogP contribution is -2.46. The van der Waals surface area contributed by atoms with E-state index in [4.69, 9.17) is 4.74 Å². The molecule has 0 bridgehead atoms. The van der Waals surface area contributed by atoms with Crippen molar-refractivity contribution in [3.63, 3.8) is 0 Å². The maximum absolute atomic E-state index is 12.3. The molecular weight excluding hydrogens is 332 g/mol. The van der Waals surface area contributed by atoms with Crippen LogP contribution in [0.3, 0.4) is 0 Å². The number of piperidine rings is 1. The van der Waals surface area contributed by atoms with Crippen LogP contribution in [0.4, 0.5) is 0 Å². The van der Waals surface area contributed by atoms with Crippen molar-refractivity contribution in [1.29, 1.82) is 0 Å². The number of amides is 1. The van der Waals surface area contributed by atoms with Crippen molar-refractivity contribution in [2.45, 2.75) is 64.5 Å². The van der Waals surface area contributed by atoms with Crippen molar-refractivity contribution in [1.82, 2.24) is 20.2 Å². The van der Waals surface area contributed by atoms with Crippen molar-refractivity contribution < 1.29 is 9.53 Å². The van der Waals surface area contributed by atoms with Crippen LogP contribution in [0.1, 0.15) is 49.1 Å².